The quantitative estimate of drug-likeness (QED) is 0.842. The first-order valence-corrected chi connectivity index (χ1v) is 6.66. The number of esters is 1. The Kier molecular flexibility index (Phi) is 3.97. The number of anilines is 1. The number of rotatable bonds is 3. The lowest BCUT2D eigenvalue weighted by Gasteiger charge is -2.20. The van der Waals surface area contributed by atoms with Gasteiger partial charge in [0, 0.05) is 5.54 Å². The SMILES string of the molecule is COC(=O)Cc1ccc2nc(NC(C)(C)C)[nH]c(=O)c2c1. The molecule has 1 aromatic carbocycles. The minimum absolute atomic E-state index is 0.133. The number of hydrogen-bond donors (Lipinski definition) is 2. The highest BCUT2D eigenvalue weighted by atomic mass is 16.5. The van der Waals surface area contributed by atoms with Gasteiger partial charge in [0.2, 0.25) is 5.95 Å². The molecule has 0 radical (unpaired) electrons. The molecular weight excluding hydrogens is 270 g/mol. The van der Waals surface area contributed by atoms with Gasteiger partial charge in [-0.1, -0.05) is 6.07 Å². The molecule has 21 heavy (non-hydrogen) atoms. The molecule has 0 saturated carbocycles. The summed E-state index contributed by atoms with van der Waals surface area (Å²) in [6, 6.07) is 5.17. The molecule has 0 aliphatic carbocycles. The third kappa shape index (κ3) is 3.81. The summed E-state index contributed by atoms with van der Waals surface area (Å²) in [5.74, 6) is 0.0884. The molecule has 6 heteroatoms. The molecule has 0 amide bonds. The van der Waals surface area contributed by atoms with Gasteiger partial charge in [-0.2, -0.15) is 0 Å². The fourth-order valence-electron chi connectivity index (χ4n) is 1.95. The summed E-state index contributed by atoms with van der Waals surface area (Å²) in [7, 11) is 1.34. The van der Waals surface area contributed by atoms with Crippen LogP contribution in [0.1, 0.15) is 26.3 Å². The number of benzene rings is 1. The van der Waals surface area contributed by atoms with E-state index in [1.54, 1.807) is 18.2 Å². The van der Waals surface area contributed by atoms with E-state index in [-0.39, 0.29) is 23.5 Å². The first-order chi connectivity index (χ1) is 9.78. The summed E-state index contributed by atoms with van der Waals surface area (Å²) in [5.41, 5.74) is 0.866. The first kappa shape index (κ1) is 15.0. The van der Waals surface area contributed by atoms with Crippen molar-refractivity contribution >= 4 is 22.8 Å². The Labute approximate surface area is 122 Å². The predicted molar refractivity (Wildman–Crippen MR) is 81.5 cm³/mol. The fourth-order valence-corrected chi connectivity index (χ4v) is 1.95. The van der Waals surface area contributed by atoms with Crippen LogP contribution in [-0.2, 0) is 16.0 Å². The maximum atomic E-state index is 12.1. The van der Waals surface area contributed by atoms with Gasteiger partial charge >= 0.3 is 5.97 Å². The normalized spacial score (nSPS) is 11.4. The van der Waals surface area contributed by atoms with Crippen molar-refractivity contribution in [2.24, 2.45) is 0 Å². The number of fused-ring (bicyclic) bond motifs is 1. The third-order valence-corrected chi connectivity index (χ3v) is 2.84. The fraction of sp³-hybridized carbons (Fsp3) is 0.400. The lowest BCUT2D eigenvalue weighted by Crippen LogP contribution is -2.28. The average Bonchev–Trinajstić information content (AvgIpc) is 2.37. The number of aromatic nitrogens is 2. The summed E-state index contributed by atoms with van der Waals surface area (Å²) in [5, 5.41) is 3.58. The second-order valence-electron chi connectivity index (χ2n) is 5.89. The Morgan fingerprint density at radius 2 is 2.10 bits per heavy atom. The lowest BCUT2D eigenvalue weighted by molar-refractivity contribution is -0.139. The summed E-state index contributed by atoms with van der Waals surface area (Å²) in [6.07, 6.45) is 0.133. The smallest absolute Gasteiger partial charge is 0.309 e. The van der Waals surface area contributed by atoms with E-state index in [0.717, 1.165) is 5.56 Å². The van der Waals surface area contributed by atoms with Gasteiger partial charge in [0.15, 0.2) is 0 Å². The van der Waals surface area contributed by atoms with E-state index in [0.29, 0.717) is 16.9 Å². The van der Waals surface area contributed by atoms with Crippen molar-refractivity contribution in [2.45, 2.75) is 32.7 Å². The first-order valence-electron chi connectivity index (χ1n) is 6.66. The van der Waals surface area contributed by atoms with Crippen LogP contribution in [-0.4, -0.2) is 28.6 Å². The standard InChI is InChI=1S/C15H19N3O3/c1-15(2,3)18-14-16-11-6-5-9(8-12(19)21-4)7-10(11)13(20)17-14/h5-7H,8H2,1-4H3,(H2,16,17,18,20). The molecule has 0 bridgehead atoms. The van der Waals surface area contributed by atoms with Crippen molar-refractivity contribution in [3.8, 4) is 0 Å². The molecule has 6 nitrogen and oxygen atoms in total. The van der Waals surface area contributed by atoms with Gasteiger partial charge < -0.3 is 10.1 Å². The highest BCUT2D eigenvalue weighted by molar-refractivity contribution is 5.81. The van der Waals surface area contributed by atoms with Crippen LogP contribution in [0.3, 0.4) is 0 Å². The molecule has 0 aliphatic rings. The van der Waals surface area contributed by atoms with Gasteiger partial charge in [0.05, 0.1) is 24.4 Å². The maximum absolute atomic E-state index is 12.1. The van der Waals surface area contributed by atoms with E-state index < -0.39 is 0 Å². The molecule has 2 aromatic rings. The molecule has 0 unspecified atom stereocenters. The molecule has 0 aliphatic heterocycles. The summed E-state index contributed by atoms with van der Waals surface area (Å²) in [4.78, 5) is 30.5. The van der Waals surface area contributed by atoms with Gasteiger partial charge in [-0.05, 0) is 38.5 Å². The van der Waals surface area contributed by atoms with Crippen LogP contribution in [0.15, 0.2) is 23.0 Å². The second kappa shape index (κ2) is 5.55. The molecule has 1 heterocycles. The average molecular weight is 289 g/mol. The Morgan fingerprint density at radius 1 is 1.38 bits per heavy atom. The van der Waals surface area contributed by atoms with Gasteiger partial charge in [0.1, 0.15) is 0 Å². The molecule has 112 valence electrons. The van der Waals surface area contributed by atoms with Crippen molar-refractivity contribution < 1.29 is 9.53 Å². The van der Waals surface area contributed by atoms with E-state index in [9.17, 15) is 9.59 Å². The van der Waals surface area contributed by atoms with Crippen LogP contribution in [0.25, 0.3) is 10.9 Å². The van der Waals surface area contributed by atoms with E-state index in [1.807, 2.05) is 20.8 Å². The molecule has 2 rings (SSSR count). The molecule has 0 fully saturated rings. The minimum Gasteiger partial charge on any atom is -0.469 e. The van der Waals surface area contributed by atoms with Gasteiger partial charge in [-0.15, -0.1) is 0 Å². The zero-order valence-corrected chi connectivity index (χ0v) is 12.6. The lowest BCUT2D eigenvalue weighted by atomic mass is 10.1. The number of nitrogens with one attached hydrogen (secondary N) is 2. The number of H-pyrrole nitrogens is 1. The summed E-state index contributed by atoms with van der Waals surface area (Å²) < 4.78 is 4.62. The molecule has 0 saturated heterocycles. The van der Waals surface area contributed by atoms with Crippen molar-refractivity contribution in [1.82, 2.24) is 9.97 Å². The molecule has 1 aromatic heterocycles. The molecule has 2 N–H and O–H groups in total. The van der Waals surface area contributed by atoms with Crippen LogP contribution >= 0.6 is 0 Å². The highest BCUT2D eigenvalue weighted by Crippen LogP contribution is 2.15. The number of ether oxygens (including phenoxy) is 1. The van der Waals surface area contributed by atoms with Crippen molar-refractivity contribution in [1.29, 1.82) is 0 Å². The van der Waals surface area contributed by atoms with E-state index >= 15 is 0 Å². The number of carbonyl (C=O) groups is 1. The van der Waals surface area contributed by atoms with E-state index in [2.05, 4.69) is 20.0 Å². The van der Waals surface area contributed by atoms with Crippen molar-refractivity contribution in [2.75, 3.05) is 12.4 Å². The highest BCUT2D eigenvalue weighted by Gasteiger charge is 2.13. The number of aromatic amines is 1. The van der Waals surface area contributed by atoms with E-state index in [1.165, 1.54) is 7.11 Å². The van der Waals surface area contributed by atoms with Gasteiger partial charge in [-0.3, -0.25) is 14.6 Å². The van der Waals surface area contributed by atoms with Gasteiger partial charge in [0.25, 0.3) is 5.56 Å². The number of hydrogen-bond acceptors (Lipinski definition) is 5. The van der Waals surface area contributed by atoms with Crippen molar-refractivity contribution in [3.05, 3.63) is 34.1 Å². The van der Waals surface area contributed by atoms with Crippen LogP contribution in [0, 0.1) is 0 Å². The monoisotopic (exact) mass is 289 g/mol. The maximum Gasteiger partial charge on any atom is 0.309 e. The largest absolute Gasteiger partial charge is 0.469 e. The van der Waals surface area contributed by atoms with Crippen LogP contribution in [0.5, 0.6) is 0 Å². The number of nitrogens with zero attached hydrogens (tertiary/aromatic N) is 1. The third-order valence-electron chi connectivity index (χ3n) is 2.84. The Morgan fingerprint density at radius 3 is 2.71 bits per heavy atom. The van der Waals surface area contributed by atoms with E-state index in [4.69, 9.17) is 0 Å². The Bertz CT molecular complexity index is 729. The summed E-state index contributed by atoms with van der Waals surface area (Å²) >= 11 is 0. The Hall–Kier alpha value is -2.37. The van der Waals surface area contributed by atoms with Crippen LogP contribution in [0.4, 0.5) is 5.95 Å². The molecule has 0 spiro atoms. The van der Waals surface area contributed by atoms with Crippen molar-refractivity contribution in [3.63, 3.8) is 0 Å². The van der Waals surface area contributed by atoms with Crippen LogP contribution in [0.2, 0.25) is 0 Å². The Balaban J connectivity index is 2.41. The number of carbonyl (C=O) groups excluding carboxylic acids is 1. The minimum atomic E-state index is -0.343. The molecule has 0 atom stereocenters. The molecular formula is C15H19N3O3. The zero-order chi connectivity index (χ0) is 15.6. The zero-order valence-electron chi connectivity index (χ0n) is 12.6. The topological polar surface area (TPSA) is 84.1 Å². The van der Waals surface area contributed by atoms with Gasteiger partial charge in [-0.25, -0.2) is 4.98 Å². The predicted octanol–water partition coefficient (Wildman–Crippen LogP) is 1.85. The number of methoxy groups -OCH3 is 1. The second-order valence-corrected chi connectivity index (χ2v) is 5.89. The summed E-state index contributed by atoms with van der Waals surface area (Å²) in [6.45, 7) is 5.95. The van der Waals surface area contributed by atoms with Crippen LogP contribution < -0.4 is 10.9 Å².